The first-order valence-corrected chi connectivity index (χ1v) is 3.96. The zero-order valence-corrected chi connectivity index (χ0v) is 7.79. The van der Waals surface area contributed by atoms with Crippen molar-refractivity contribution in [3.63, 3.8) is 0 Å². The van der Waals surface area contributed by atoms with Gasteiger partial charge in [0.25, 0.3) is 0 Å². The van der Waals surface area contributed by atoms with Gasteiger partial charge >= 0.3 is 0 Å². The summed E-state index contributed by atoms with van der Waals surface area (Å²) in [6, 6.07) is 1.97. The third-order valence-corrected chi connectivity index (χ3v) is 1.44. The Kier molecular flexibility index (Phi) is 3.25. The van der Waals surface area contributed by atoms with Crippen LogP contribution in [0.3, 0.4) is 0 Å². The number of nitrogens with one attached hydrogen (secondary N) is 1. The zero-order valence-electron chi connectivity index (χ0n) is 7.79. The van der Waals surface area contributed by atoms with Crippen molar-refractivity contribution in [1.29, 1.82) is 0 Å². The summed E-state index contributed by atoms with van der Waals surface area (Å²) >= 11 is 0. The summed E-state index contributed by atoms with van der Waals surface area (Å²) in [4.78, 5) is 2.06. The molecule has 0 spiro atoms. The highest BCUT2D eigenvalue weighted by Crippen LogP contribution is 2.04. The molecule has 0 aliphatic rings. The molecule has 0 saturated carbocycles. The van der Waals surface area contributed by atoms with Crippen molar-refractivity contribution in [3.05, 3.63) is 17.5 Å². The van der Waals surface area contributed by atoms with Gasteiger partial charge in [0.05, 0.1) is 12.2 Å². The van der Waals surface area contributed by atoms with Crippen LogP contribution in [0, 0.1) is 0 Å². The second-order valence-electron chi connectivity index (χ2n) is 3.05. The Morgan fingerprint density at radius 2 is 2.33 bits per heavy atom. The Balaban J connectivity index is 2.52. The average molecular weight is 169 g/mol. The van der Waals surface area contributed by atoms with Crippen LogP contribution in [0.25, 0.3) is 0 Å². The van der Waals surface area contributed by atoms with Gasteiger partial charge in [-0.2, -0.15) is 0 Å². The molecule has 1 heterocycles. The second kappa shape index (κ2) is 4.23. The van der Waals surface area contributed by atoms with E-state index in [1.165, 1.54) is 0 Å². The van der Waals surface area contributed by atoms with E-state index in [0.29, 0.717) is 0 Å². The number of hydrogen-bond acceptors (Lipinski definition) is 4. The Hall–Kier alpha value is -0.870. The van der Waals surface area contributed by atoms with Crippen LogP contribution in [0.5, 0.6) is 0 Å². The van der Waals surface area contributed by atoms with E-state index >= 15 is 0 Å². The monoisotopic (exact) mass is 169 g/mol. The minimum atomic E-state index is 0.737. The third-order valence-electron chi connectivity index (χ3n) is 1.44. The molecule has 1 aromatic heterocycles. The van der Waals surface area contributed by atoms with E-state index in [4.69, 9.17) is 4.52 Å². The van der Waals surface area contributed by atoms with Gasteiger partial charge in [0.2, 0.25) is 0 Å². The molecule has 0 aliphatic heterocycles. The maximum absolute atomic E-state index is 5.07. The summed E-state index contributed by atoms with van der Waals surface area (Å²) in [7, 11) is 5.90. The zero-order chi connectivity index (χ0) is 8.97. The first-order valence-electron chi connectivity index (χ1n) is 3.96. The lowest BCUT2D eigenvalue weighted by Crippen LogP contribution is -2.10. The number of rotatable bonds is 4. The van der Waals surface area contributed by atoms with Gasteiger partial charge in [-0.15, -0.1) is 0 Å². The maximum Gasteiger partial charge on any atom is 0.150 e. The molecule has 0 bridgehead atoms. The van der Waals surface area contributed by atoms with E-state index in [-0.39, 0.29) is 0 Å². The lowest BCUT2D eigenvalue weighted by molar-refractivity contribution is 0.346. The van der Waals surface area contributed by atoms with E-state index in [0.717, 1.165) is 24.5 Å². The van der Waals surface area contributed by atoms with Crippen molar-refractivity contribution < 1.29 is 4.52 Å². The van der Waals surface area contributed by atoms with Gasteiger partial charge in [-0.3, -0.25) is 0 Å². The lowest BCUT2D eigenvalue weighted by Gasteiger charge is -2.04. The molecule has 4 nitrogen and oxygen atoms in total. The van der Waals surface area contributed by atoms with Gasteiger partial charge in [0, 0.05) is 12.6 Å². The molecule has 4 heteroatoms. The molecule has 0 radical (unpaired) electrons. The Morgan fingerprint density at radius 1 is 1.58 bits per heavy atom. The molecule has 0 unspecified atom stereocenters. The van der Waals surface area contributed by atoms with Crippen molar-refractivity contribution in [2.75, 3.05) is 21.1 Å². The summed E-state index contributed by atoms with van der Waals surface area (Å²) in [5.41, 5.74) is 0.977. The van der Waals surface area contributed by atoms with E-state index in [1.807, 2.05) is 27.2 Å². The molecular formula is C8H15N3O. The van der Waals surface area contributed by atoms with E-state index in [1.54, 1.807) is 0 Å². The lowest BCUT2D eigenvalue weighted by atomic mass is 10.3. The molecule has 1 rings (SSSR count). The standard InChI is InChI=1S/C8H15N3O/c1-9-5-8-4-7(10-12-8)6-11(2)3/h4,9H,5-6H2,1-3H3. The van der Waals surface area contributed by atoms with Crippen LogP contribution < -0.4 is 5.32 Å². The Morgan fingerprint density at radius 3 is 2.92 bits per heavy atom. The van der Waals surface area contributed by atoms with Crippen molar-refractivity contribution in [2.24, 2.45) is 0 Å². The van der Waals surface area contributed by atoms with Crippen molar-refractivity contribution in [2.45, 2.75) is 13.1 Å². The summed E-state index contributed by atoms with van der Waals surface area (Å²) in [6.07, 6.45) is 0. The minimum absolute atomic E-state index is 0.737. The molecule has 1 aromatic rings. The normalized spacial score (nSPS) is 11.0. The molecular weight excluding hydrogens is 154 g/mol. The smallest absolute Gasteiger partial charge is 0.150 e. The van der Waals surface area contributed by atoms with Gasteiger partial charge in [0.15, 0.2) is 5.76 Å². The fourth-order valence-electron chi connectivity index (χ4n) is 1.01. The predicted octanol–water partition coefficient (Wildman–Crippen LogP) is 0.456. The van der Waals surface area contributed by atoms with Gasteiger partial charge in [-0.1, -0.05) is 5.16 Å². The molecule has 0 atom stereocenters. The highest BCUT2D eigenvalue weighted by atomic mass is 16.5. The van der Waals surface area contributed by atoms with Crippen LogP contribution in [0.4, 0.5) is 0 Å². The SMILES string of the molecule is CNCc1cc(CN(C)C)no1. The summed E-state index contributed by atoms with van der Waals surface area (Å²) in [6.45, 7) is 1.56. The molecule has 0 amide bonds. The van der Waals surface area contributed by atoms with Gasteiger partial charge in [-0.05, 0) is 21.1 Å². The average Bonchev–Trinajstić information content (AvgIpc) is 2.36. The van der Waals surface area contributed by atoms with Gasteiger partial charge < -0.3 is 14.7 Å². The topological polar surface area (TPSA) is 41.3 Å². The number of nitrogens with zero attached hydrogens (tertiary/aromatic N) is 2. The minimum Gasteiger partial charge on any atom is -0.360 e. The van der Waals surface area contributed by atoms with Crippen molar-refractivity contribution in [3.8, 4) is 0 Å². The quantitative estimate of drug-likeness (QED) is 0.710. The highest BCUT2D eigenvalue weighted by molar-refractivity contribution is 5.04. The molecule has 12 heavy (non-hydrogen) atoms. The second-order valence-corrected chi connectivity index (χ2v) is 3.05. The fraction of sp³-hybridized carbons (Fsp3) is 0.625. The van der Waals surface area contributed by atoms with Crippen LogP contribution >= 0.6 is 0 Å². The Bertz CT molecular complexity index is 232. The van der Waals surface area contributed by atoms with Crippen LogP contribution in [0.2, 0.25) is 0 Å². The largest absolute Gasteiger partial charge is 0.360 e. The first kappa shape index (κ1) is 9.22. The molecule has 68 valence electrons. The van der Waals surface area contributed by atoms with Crippen molar-refractivity contribution >= 4 is 0 Å². The first-order chi connectivity index (χ1) is 5.72. The van der Waals surface area contributed by atoms with Gasteiger partial charge in [-0.25, -0.2) is 0 Å². The van der Waals surface area contributed by atoms with Crippen molar-refractivity contribution in [1.82, 2.24) is 15.4 Å². The van der Waals surface area contributed by atoms with Gasteiger partial charge in [0.1, 0.15) is 0 Å². The van der Waals surface area contributed by atoms with E-state index in [2.05, 4.69) is 15.4 Å². The molecule has 0 fully saturated rings. The predicted molar refractivity (Wildman–Crippen MR) is 46.7 cm³/mol. The number of aromatic nitrogens is 1. The van der Waals surface area contributed by atoms with E-state index < -0.39 is 0 Å². The van der Waals surface area contributed by atoms with Crippen LogP contribution in [-0.4, -0.2) is 31.2 Å². The number of hydrogen-bond donors (Lipinski definition) is 1. The molecule has 0 saturated heterocycles. The third kappa shape index (κ3) is 2.64. The molecule has 1 N–H and O–H groups in total. The molecule has 0 aromatic carbocycles. The van der Waals surface area contributed by atoms with E-state index in [9.17, 15) is 0 Å². The highest BCUT2D eigenvalue weighted by Gasteiger charge is 2.03. The summed E-state index contributed by atoms with van der Waals surface area (Å²) in [5.74, 6) is 0.884. The fourth-order valence-corrected chi connectivity index (χ4v) is 1.01. The molecule has 0 aliphatic carbocycles. The maximum atomic E-state index is 5.07. The Labute approximate surface area is 72.5 Å². The summed E-state index contributed by atoms with van der Waals surface area (Å²) < 4.78 is 5.07. The van der Waals surface area contributed by atoms with Crippen LogP contribution in [0.1, 0.15) is 11.5 Å². The van der Waals surface area contributed by atoms with Crippen LogP contribution in [-0.2, 0) is 13.1 Å². The summed E-state index contributed by atoms with van der Waals surface area (Å²) in [5, 5.41) is 6.92. The van der Waals surface area contributed by atoms with Crippen LogP contribution in [0.15, 0.2) is 10.6 Å².